The lowest BCUT2D eigenvalue weighted by molar-refractivity contribution is -0.0768. The third kappa shape index (κ3) is 2.86. The highest BCUT2D eigenvalue weighted by Gasteiger charge is 2.36. The average molecular weight is 256 g/mol. The monoisotopic (exact) mass is 256 g/mol. The van der Waals surface area contributed by atoms with E-state index < -0.39 is 11.7 Å². The highest BCUT2D eigenvalue weighted by Crippen LogP contribution is 2.33. The van der Waals surface area contributed by atoms with Gasteiger partial charge < -0.3 is 10.2 Å². The van der Waals surface area contributed by atoms with Gasteiger partial charge in [0.2, 0.25) is 0 Å². The van der Waals surface area contributed by atoms with Gasteiger partial charge in [-0.1, -0.05) is 67.6 Å². The van der Waals surface area contributed by atoms with E-state index in [2.05, 4.69) is 0 Å². The summed E-state index contributed by atoms with van der Waals surface area (Å²) in [4.78, 5) is 0. The molecule has 0 aliphatic rings. The molecule has 0 saturated carbocycles. The van der Waals surface area contributed by atoms with Crippen LogP contribution in [-0.4, -0.2) is 16.3 Å². The Hall–Kier alpha value is -1.64. The van der Waals surface area contributed by atoms with Crippen LogP contribution in [0, 0.1) is 0 Å². The maximum atomic E-state index is 10.6. The molecule has 0 aromatic heterocycles. The van der Waals surface area contributed by atoms with Gasteiger partial charge in [0.1, 0.15) is 5.60 Å². The molecule has 0 heterocycles. The minimum absolute atomic E-state index is 0.142. The van der Waals surface area contributed by atoms with E-state index in [9.17, 15) is 10.2 Å². The quantitative estimate of drug-likeness (QED) is 0.882. The van der Waals surface area contributed by atoms with Gasteiger partial charge in [-0.05, 0) is 18.1 Å². The fraction of sp³-hybridized carbons (Fsp3) is 0.294. The van der Waals surface area contributed by atoms with Gasteiger partial charge in [0.15, 0.2) is 0 Å². The highest BCUT2D eigenvalue weighted by molar-refractivity contribution is 5.27. The number of hydrogen-bond donors (Lipinski definition) is 2. The number of aliphatic hydroxyl groups is 2. The van der Waals surface area contributed by atoms with Crippen molar-refractivity contribution in [2.45, 2.75) is 31.5 Å². The van der Waals surface area contributed by atoms with E-state index in [0.717, 1.165) is 11.1 Å². The Morgan fingerprint density at radius 2 is 1.37 bits per heavy atom. The Balaban J connectivity index is 2.26. The van der Waals surface area contributed by atoms with Crippen molar-refractivity contribution in [1.29, 1.82) is 0 Å². The zero-order valence-electron chi connectivity index (χ0n) is 11.3. The lowest BCUT2D eigenvalue weighted by Crippen LogP contribution is -2.40. The molecule has 0 bridgehead atoms. The molecule has 0 fully saturated rings. The van der Waals surface area contributed by atoms with Crippen LogP contribution in [-0.2, 0) is 5.60 Å². The molecule has 2 nitrogen and oxygen atoms in total. The summed E-state index contributed by atoms with van der Waals surface area (Å²) in [6, 6.07) is 19.1. The summed E-state index contributed by atoms with van der Waals surface area (Å²) in [7, 11) is 0. The third-order valence-corrected chi connectivity index (χ3v) is 3.73. The molecule has 2 N–H and O–H groups in total. The van der Waals surface area contributed by atoms with Crippen LogP contribution in [0.15, 0.2) is 60.7 Å². The van der Waals surface area contributed by atoms with Gasteiger partial charge in [0.25, 0.3) is 0 Å². The molecule has 0 radical (unpaired) electrons. The molecule has 2 aromatic rings. The van der Waals surface area contributed by atoms with Crippen molar-refractivity contribution in [3.63, 3.8) is 0 Å². The minimum Gasteiger partial charge on any atom is -0.389 e. The SMILES string of the molecule is C[C@@H](c1ccccc1)[C@@H](O)[C@](C)(O)c1ccccc1. The van der Waals surface area contributed by atoms with E-state index in [1.54, 1.807) is 6.92 Å². The molecule has 0 aliphatic carbocycles. The zero-order chi connectivity index (χ0) is 13.9. The standard InChI is InChI=1S/C17H20O2/c1-13(14-9-5-3-6-10-14)16(18)17(2,19)15-11-7-4-8-12-15/h3-13,16,18-19H,1-2H3/t13-,16+,17+/m0/s1. The molecule has 2 heteroatoms. The van der Waals surface area contributed by atoms with Crippen molar-refractivity contribution < 1.29 is 10.2 Å². The molecular weight excluding hydrogens is 236 g/mol. The highest BCUT2D eigenvalue weighted by atomic mass is 16.3. The fourth-order valence-corrected chi connectivity index (χ4v) is 2.37. The number of aliphatic hydroxyl groups excluding tert-OH is 1. The van der Waals surface area contributed by atoms with Gasteiger partial charge in [-0.3, -0.25) is 0 Å². The molecule has 0 unspecified atom stereocenters. The Morgan fingerprint density at radius 1 is 0.895 bits per heavy atom. The van der Waals surface area contributed by atoms with E-state index in [-0.39, 0.29) is 5.92 Å². The summed E-state index contributed by atoms with van der Waals surface area (Å²) < 4.78 is 0. The van der Waals surface area contributed by atoms with E-state index in [1.165, 1.54) is 0 Å². The fourth-order valence-electron chi connectivity index (χ4n) is 2.37. The first-order valence-electron chi connectivity index (χ1n) is 6.54. The summed E-state index contributed by atoms with van der Waals surface area (Å²) in [5, 5.41) is 21.1. The van der Waals surface area contributed by atoms with Gasteiger partial charge in [-0.25, -0.2) is 0 Å². The Kier molecular flexibility index (Phi) is 4.03. The molecule has 2 aromatic carbocycles. The summed E-state index contributed by atoms with van der Waals surface area (Å²) in [5.41, 5.74) is 0.479. The molecule has 0 amide bonds. The van der Waals surface area contributed by atoms with Gasteiger partial charge in [-0.2, -0.15) is 0 Å². The molecule has 0 spiro atoms. The van der Waals surface area contributed by atoms with Crippen LogP contribution in [0.1, 0.15) is 30.9 Å². The van der Waals surface area contributed by atoms with Gasteiger partial charge in [0.05, 0.1) is 6.10 Å². The maximum Gasteiger partial charge on any atom is 0.113 e. The lowest BCUT2D eigenvalue weighted by Gasteiger charge is -2.33. The second-order valence-electron chi connectivity index (χ2n) is 5.16. The van der Waals surface area contributed by atoms with Crippen LogP contribution < -0.4 is 0 Å². The summed E-state index contributed by atoms with van der Waals surface area (Å²) in [6.07, 6.45) is -0.864. The van der Waals surface area contributed by atoms with E-state index >= 15 is 0 Å². The van der Waals surface area contributed by atoms with Crippen molar-refractivity contribution in [3.8, 4) is 0 Å². The first-order chi connectivity index (χ1) is 9.03. The number of benzene rings is 2. The molecule has 0 saturated heterocycles. The van der Waals surface area contributed by atoms with Crippen LogP contribution >= 0.6 is 0 Å². The Labute approximate surface area is 114 Å². The van der Waals surface area contributed by atoms with Crippen LogP contribution in [0.4, 0.5) is 0 Å². The van der Waals surface area contributed by atoms with Crippen molar-refractivity contribution in [1.82, 2.24) is 0 Å². The molecule has 2 rings (SSSR count). The van der Waals surface area contributed by atoms with Crippen molar-refractivity contribution in [2.24, 2.45) is 0 Å². The zero-order valence-corrected chi connectivity index (χ0v) is 11.3. The average Bonchev–Trinajstić information content (AvgIpc) is 2.47. The second kappa shape index (κ2) is 5.55. The predicted molar refractivity (Wildman–Crippen MR) is 76.9 cm³/mol. The molecule has 19 heavy (non-hydrogen) atoms. The van der Waals surface area contributed by atoms with Crippen LogP contribution in [0.2, 0.25) is 0 Å². The van der Waals surface area contributed by atoms with Crippen LogP contribution in [0.25, 0.3) is 0 Å². The Morgan fingerprint density at radius 3 is 1.89 bits per heavy atom. The molecular formula is C17H20O2. The molecule has 100 valence electrons. The van der Waals surface area contributed by atoms with Gasteiger partial charge >= 0.3 is 0 Å². The van der Waals surface area contributed by atoms with Crippen LogP contribution in [0.3, 0.4) is 0 Å². The van der Waals surface area contributed by atoms with Crippen molar-refractivity contribution in [2.75, 3.05) is 0 Å². The lowest BCUT2D eigenvalue weighted by atomic mass is 9.81. The first kappa shape index (κ1) is 13.8. The van der Waals surface area contributed by atoms with Crippen LogP contribution in [0.5, 0.6) is 0 Å². The number of hydrogen-bond acceptors (Lipinski definition) is 2. The largest absolute Gasteiger partial charge is 0.389 e. The minimum atomic E-state index is -1.27. The number of rotatable bonds is 4. The van der Waals surface area contributed by atoms with E-state index in [4.69, 9.17) is 0 Å². The van der Waals surface area contributed by atoms with E-state index in [0.29, 0.717) is 0 Å². The third-order valence-electron chi connectivity index (χ3n) is 3.73. The van der Waals surface area contributed by atoms with Crippen molar-refractivity contribution in [3.05, 3.63) is 71.8 Å². The summed E-state index contributed by atoms with van der Waals surface area (Å²) in [6.45, 7) is 3.59. The van der Waals surface area contributed by atoms with Gasteiger partial charge in [0, 0.05) is 5.92 Å². The van der Waals surface area contributed by atoms with Gasteiger partial charge in [-0.15, -0.1) is 0 Å². The second-order valence-corrected chi connectivity index (χ2v) is 5.16. The topological polar surface area (TPSA) is 40.5 Å². The first-order valence-corrected chi connectivity index (χ1v) is 6.54. The van der Waals surface area contributed by atoms with Crippen molar-refractivity contribution >= 4 is 0 Å². The smallest absolute Gasteiger partial charge is 0.113 e. The van der Waals surface area contributed by atoms with E-state index in [1.807, 2.05) is 67.6 Å². The summed E-state index contributed by atoms with van der Waals surface area (Å²) >= 11 is 0. The summed E-state index contributed by atoms with van der Waals surface area (Å²) in [5.74, 6) is -0.142. The predicted octanol–water partition coefficient (Wildman–Crippen LogP) is 3.06. The maximum absolute atomic E-state index is 10.6. The molecule has 0 aliphatic heterocycles. The Bertz CT molecular complexity index is 505. The normalized spacial score (nSPS) is 17.5. The molecule has 3 atom stereocenters.